The molecule has 1 N–H and O–H groups in total. The first-order valence-corrected chi connectivity index (χ1v) is 7.88. The van der Waals surface area contributed by atoms with E-state index >= 15 is 0 Å². The van der Waals surface area contributed by atoms with Gasteiger partial charge in [0.25, 0.3) is 5.91 Å². The molecule has 0 bridgehead atoms. The van der Waals surface area contributed by atoms with Crippen molar-refractivity contribution in [3.63, 3.8) is 0 Å². The molecule has 0 fully saturated rings. The van der Waals surface area contributed by atoms with Crippen molar-refractivity contribution in [1.82, 2.24) is 5.43 Å². The van der Waals surface area contributed by atoms with Crippen molar-refractivity contribution in [2.75, 3.05) is 7.11 Å². The predicted octanol–water partition coefficient (Wildman–Crippen LogP) is 3.65. The van der Waals surface area contributed by atoms with Crippen LogP contribution >= 0.6 is 22.6 Å². The Balaban J connectivity index is 1.95. The summed E-state index contributed by atoms with van der Waals surface area (Å²) in [6.45, 7) is 1.89. The number of rotatable bonds is 5. The van der Waals surface area contributed by atoms with Gasteiger partial charge in [-0.05, 0) is 65.4 Å². The van der Waals surface area contributed by atoms with E-state index in [1.165, 1.54) is 0 Å². The number of hydrogen-bond acceptors (Lipinski definition) is 3. The van der Waals surface area contributed by atoms with Crippen LogP contribution < -0.4 is 10.2 Å². The number of amides is 1. The largest absolute Gasteiger partial charge is 0.497 e. The van der Waals surface area contributed by atoms with E-state index in [-0.39, 0.29) is 5.91 Å². The van der Waals surface area contributed by atoms with Crippen LogP contribution in [0.5, 0.6) is 5.75 Å². The fraction of sp³-hybridized carbons (Fsp3) is 0.176. The molecule has 2 rings (SSSR count). The normalized spacial score (nSPS) is 11.1. The van der Waals surface area contributed by atoms with Gasteiger partial charge >= 0.3 is 0 Å². The molecule has 0 aliphatic carbocycles. The molecule has 22 heavy (non-hydrogen) atoms. The Bertz CT molecular complexity index is 681. The molecule has 4 nitrogen and oxygen atoms in total. The van der Waals surface area contributed by atoms with Gasteiger partial charge in [0.2, 0.25) is 0 Å². The number of hydrogen-bond donors (Lipinski definition) is 1. The van der Waals surface area contributed by atoms with Gasteiger partial charge in [-0.3, -0.25) is 4.79 Å². The number of carbonyl (C=O) groups is 1. The third kappa shape index (κ3) is 4.84. The predicted molar refractivity (Wildman–Crippen MR) is 96.4 cm³/mol. The van der Waals surface area contributed by atoms with E-state index in [1.54, 1.807) is 13.2 Å². The fourth-order valence-corrected chi connectivity index (χ4v) is 2.46. The zero-order valence-corrected chi connectivity index (χ0v) is 14.6. The Labute approximate surface area is 143 Å². The summed E-state index contributed by atoms with van der Waals surface area (Å²) >= 11 is 2.18. The number of nitrogens with zero attached hydrogens (tertiary/aromatic N) is 1. The van der Waals surface area contributed by atoms with E-state index in [9.17, 15) is 4.79 Å². The first-order chi connectivity index (χ1) is 10.6. The summed E-state index contributed by atoms with van der Waals surface area (Å²) < 4.78 is 6.14. The molecule has 0 unspecified atom stereocenters. The lowest BCUT2D eigenvalue weighted by Gasteiger charge is -2.05. The third-order valence-electron chi connectivity index (χ3n) is 3.05. The molecule has 0 heterocycles. The summed E-state index contributed by atoms with van der Waals surface area (Å²) in [5.74, 6) is 0.623. The van der Waals surface area contributed by atoms with Crippen LogP contribution in [0.2, 0.25) is 0 Å². The van der Waals surface area contributed by atoms with Crippen LogP contribution in [-0.2, 0) is 6.42 Å². The van der Waals surface area contributed by atoms with Gasteiger partial charge in [0, 0.05) is 21.3 Å². The average molecular weight is 408 g/mol. The van der Waals surface area contributed by atoms with Crippen molar-refractivity contribution >= 4 is 34.2 Å². The molecule has 2 aromatic carbocycles. The van der Waals surface area contributed by atoms with E-state index in [2.05, 4.69) is 33.1 Å². The summed E-state index contributed by atoms with van der Waals surface area (Å²) in [4.78, 5) is 12.0. The van der Waals surface area contributed by atoms with E-state index in [0.717, 1.165) is 20.6 Å². The van der Waals surface area contributed by atoms with Crippen LogP contribution in [0.1, 0.15) is 22.8 Å². The Hall–Kier alpha value is -1.89. The summed E-state index contributed by atoms with van der Waals surface area (Å²) in [7, 11) is 1.64. The van der Waals surface area contributed by atoms with E-state index in [4.69, 9.17) is 4.74 Å². The van der Waals surface area contributed by atoms with Crippen LogP contribution in [0, 0.1) is 3.57 Å². The zero-order chi connectivity index (χ0) is 15.9. The second-order valence-electron chi connectivity index (χ2n) is 4.82. The summed E-state index contributed by atoms with van der Waals surface area (Å²) in [6.07, 6.45) is 0.677. The van der Waals surface area contributed by atoms with E-state index in [1.807, 2.05) is 49.4 Å². The minimum absolute atomic E-state index is 0.201. The number of ether oxygens (including phenoxy) is 1. The molecule has 0 radical (unpaired) electrons. The van der Waals surface area contributed by atoms with Crippen molar-refractivity contribution in [2.24, 2.45) is 5.10 Å². The van der Waals surface area contributed by atoms with Crippen LogP contribution in [0.15, 0.2) is 53.6 Å². The molecule has 0 spiro atoms. The summed E-state index contributed by atoms with van der Waals surface area (Å²) in [5, 5.41) is 4.15. The number of hydrazone groups is 1. The molecule has 0 aliphatic heterocycles. The minimum Gasteiger partial charge on any atom is -0.497 e. The van der Waals surface area contributed by atoms with E-state index in [0.29, 0.717) is 12.0 Å². The van der Waals surface area contributed by atoms with Gasteiger partial charge in [-0.1, -0.05) is 18.2 Å². The standard InChI is InChI=1S/C17H17IN2O2/c1-12(10-13-6-8-16(22-2)9-7-13)19-20-17(21)14-4-3-5-15(18)11-14/h3-9,11H,10H2,1-2H3,(H,20,21)/b19-12+. The molecule has 114 valence electrons. The highest BCUT2D eigenvalue weighted by Crippen LogP contribution is 2.12. The highest BCUT2D eigenvalue weighted by molar-refractivity contribution is 14.1. The molecule has 0 saturated heterocycles. The molecule has 0 saturated carbocycles. The minimum atomic E-state index is -0.201. The van der Waals surface area contributed by atoms with Crippen LogP contribution in [0.4, 0.5) is 0 Å². The summed E-state index contributed by atoms with van der Waals surface area (Å²) in [5.41, 5.74) is 5.15. The number of nitrogens with one attached hydrogen (secondary N) is 1. The molecule has 2 aromatic rings. The second kappa shape index (κ2) is 7.93. The summed E-state index contributed by atoms with van der Waals surface area (Å²) in [6, 6.07) is 15.2. The Morgan fingerprint density at radius 3 is 2.59 bits per heavy atom. The topological polar surface area (TPSA) is 50.7 Å². The number of methoxy groups -OCH3 is 1. The van der Waals surface area contributed by atoms with Crippen molar-refractivity contribution in [1.29, 1.82) is 0 Å². The van der Waals surface area contributed by atoms with Gasteiger partial charge in [0.15, 0.2) is 0 Å². The fourth-order valence-electron chi connectivity index (χ4n) is 1.92. The Kier molecular flexibility index (Phi) is 5.94. The molecule has 5 heteroatoms. The lowest BCUT2D eigenvalue weighted by atomic mass is 10.1. The maximum atomic E-state index is 12.0. The first kappa shape index (κ1) is 16.5. The maximum Gasteiger partial charge on any atom is 0.271 e. The lowest BCUT2D eigenvalue weighted by Crippen LogP contribution is -2.19. The highest BCUT2D eigenvalue weighted by Gasteiger charge is 2.05. The van der Waals surface area contributed by atoms with Gasteiger partial charge in [0.05, 0.1) is 7.11 Å². The van der Waals surface area contributed by atoms with Crippen molar-refractivity contribution in [3.05, 3.63) is 63.2 Å². The highest BCUT2D eigenvalue weighted by atomic mass is 127. The van der Waals surface area contributed by atoms with Crippen LogP contribution in [0.25, 0.3) is 0 Å². The monoisotopic (exact) mass is 408 g/mol. The molecule has 0 aliphatic rings. The van der Waals surface area contributed by atoms with Crippen LogP contribution in [0.3, 0.4) is 0 Å². The SMILES string of the molecule is COc1ccc(C/C(C)=N/NC(=O)c2cccc(I)c2)cc1. The molecular formula is C17H17IN2O2. The van der Waals surface area contributed by atoms with Gasteiger partial charge in [-0.25, -0.2) is 5.43 Å². The molecular weight excluding hydrogens is 391 g/mol. The Morgan fingerprint density at radius 2 is 1.95 bits per heavy atom. The van der Waals surface area contributed by atoms with Gasteiger partial charge < -0.3 is 4.74 Å². The Morgan fingerprint density at radius 1 is 1.23 bits per heavy atom. The van der Waals surface area contributed by atoms with Crippen molar-refractivity contribution in [3.8, 4) is 5.75 Å². The van der Waals surface area contributed by atoms with Crippen LogP contribution in [-0.4, -0.2) is 18.7 Å². The zero-order valence-electron chi connectivity index (χ0n) is 12.5. The van der Waals surface area contributed by atoms with Gasteiger partial charge in [-0.2, -0.15) is 5.10 Å². The van der Waals surface area contributed by atoms with Crippen molar-refractivity contribution in [2.45, 2.75) is 13.3 Å². The lowest BCUT2D eigenvalue weighted by molar-refractivity contribution is 0.0954. The van der Waals surface area contributed by atoms with Gasteiger partial charge in [-0.15, -0.1) is 0 Å². The molecule has 0 atom stereocenters. The first-order valence-electron chi connectivity index (χ1n) is 6.80. The number of halogens is 1. The number of benzene rings is 2. The maximum absolute atomic E-state index is 12.0. The number of carbonyl (C=O) groups excluding carboxylic acids is 1. The average Bonchev–Trinajstić information content (AvgIpc) is 2.53. The smallest absolute Gasteiger partial charge is 0.271 e. The van der Waals surface area contributed by atoms with Crippen molar-refractivity contribution < 1.29 is 9.53 Å². The van der Waals surface area contributed by atoms with E-state index < -0.39 is 0 Å². The molecule has 1 amide bonds. The quantitative estimate of drug-likeness (QED) is 0.467. The second-order valence-corrected chi connectivity index (χ2v) is 6.07. The van der Waals surface area contributed by atoms with Gasteiger partial charge in [0.1, 0.15) is 5.75 Å². The third-order valence-corrected chi connectivity index (χ3v) is 3.73. The molecule has 0 aromatic heterocycles.